The highest BCUT2D eigenvalue weighted by Gasteiger charge is 2.13. The predicted octanol–water partition coefficient (Wildman–Crippen LogP) is 2.56. The lowest BCUT2D eigenvalue weighted by Crippen LogP contribution is -2.10. The average molecular weight is 194 g/mol. The van der Waals surface area contributed by atoms with Crippen LogP contribution in [-0.4, -0.2) is 14.9 Å². The van der Waals surface area contributed by atoms with E-state index < -0.39 is 0 Å². The van der Waals surface area contributed by atoms with Crippen LogP contribution in [0.5, 0.6) is 5.75 Å². The van der Waals surface area contributed by atoms with E-state index in [1.165, 1.54) is 44.7 Å². The summed E-state index contributed by atoms with van der Waals surface area (Å²) in [5, 5.41) is 13.2. The predicted molar refractivity (Wildman–Crippen MR) is 55.1 cm³/mol. The molecular formula is C11H18N2O. The van der Waals surface area contributed by atoms with Crippen molar-refractivity contribution in [3.63, 3.8) is 0 Å². The molecule has 1 fully saturated rings. The number of nitrogens with zero attached hydrogens (tertiary/aromatic N) is 2. The molecule has 0 atom stereocenters. The second-order valence-corrected chi connectivity index (χ2v) is 4.25. The van der Waals surface area contributed by atoms with Gasteiger partial charge in [0.25, 0.3) is 0 Å². The lowest BCUT2D eigenvalue weighted by molar-refractivity contribution is 0.318. The monoisotopic (exact) mass is 194 g/mol. The Bertz CT molecular complexity index is 277. The SMILES string of the molecule is Oc1cnn(CCC2CCCCC2)c1. The number of aryl methyl sites for hydroxylation is 1. The lowest BCUT2D eigenvalue weighted by Gasteiger charge is -2.21. The first-order valence-corrected chi connectivity index (χ1v) is 5.56. The Balaban J connectivity index is 1.76. The zero-order valence-corrected chi connectivity index (χ0v) is 8.52. The van der Waals surface area contributed by atoms with Crippen molar-refractivity contribution >= 4 is 0 Å². The molecule has 1 aliphatic carbocycles. The molecule has 3 nitrogen and oxygen atoms in total. The van der Waals surface area contributed by atoms with Crippen molar-refractivity contribution in [2.75, 3.05) is 0 Å². The molecule has 1 N–H and O–H groups in total. The van der Waals surface area contributed by atoms with Gasteiger partial charge in [-0.25, -0.2) is 0 Å². The molecule has 0 saturated heterocycles. The number of hydrogen-bond donors (Lipinski definition) is 1. The van der Waals surface area contributed by atoms with E-state index in [0.29, 0.717) is 0 Å². The zero-order chi connectivity index (χ0) is 9.80. The summed E-state index contributed by atoms with van der Waals surface area (Å²) in [6.45, 7) is 0.950. The molecule has 1 aromatic heterocycles. The van der Waals surface area contributed by atoms with E-state index in [4.69, 9.17) is 5.11 Å². The fourth-order valence-electron chi connectivity index (χ4n) is 2.27. The summed E-state index contributed by atoms with van der Waals surface area (Å²) in [6.07, 6.45) is 11.4. The first-order valence-electron chi connectivity index (χ1n) is 5.56. The van der Waals surface area contributed by atoms with Crippen LogP contribution in [0.25, 0.3) is 0 Å². The number of rotatable bonds is 3. The van der Waals surface area contributed by atoms with Gasteiger partial charge < -0.3 is 5.11 Å². The minimum absolute atomic E-state index is 0.272. The highest BCUT2D eigenvalue weighted by atomic mass is 16.3. The molecule has 0 radical (unpaired) electrons. The summed E-state index contributed by atoms with van der Waals surface area (Å²) >= 11 is 0. The Morgan fingerprint density at radius 3 is 2.79 bits per heavy atom. The van der Waals surface area contributed by atoms with Crippen LogP contribution in [0.15, 0.2) is 12.4 Å². The lowest BCUT2D eigenvalue weighted by atomic mass is 9.87. The molecule has 14 heavy (non-hydrogen) atoms. The van der Waals surface area contributed by atoms with Crippen molar-refractivity contribution in [2.24, 2.45) is 5.92 Å². The summed E-state index contributed by atoms with van der Waals surface area (Å²) in [7, 11) is 0. The van der Waals surface area contributed by atoms with Crippen LogP contribution >= 0.6 is 0 Å². The molecule has 1 heterocycles. The van der Waals surface area contributed by atoms with Crippen molar-refractivity contribution in [1.29, 1.82) is 0 Å². The third kappa shape index (κ3) is 2.50. The molecule has 0 bridgehead atoms. The van der Waals surface area contributed by atoms with E-state index in [1.54, 1.807) is 6.20 Å². The molecule has 1 aliphatic rings. The van der Waals surface area contributed by atoms with Crippen LogP contribution in [0, 0.1) is 5.92 Å². The molecule has 0 spiro atoms. The maximum absolute atomic E-state index is 9.11. The van der Waals surface area contributed by atoms with E-state index in [9.17, 15) is 0 Å². The molecule has 1 aromatic rings. The summed E-state index contributed by atoms with van der Waals surface area (Å²) in [4.78, 5) is 0. The van der Waals surface area contributed by atoms with Gasteiger partial charge in [-0.1, -0.05) is 32.1 Å². The fraction of sp³-hybridized carbons (Fsp3) is 0.727. The van der Waals surface area contributed by atoms with Crippen LogP contribution in [0.3, 0.4) is 0 Å². The minimum Gasteiger partial charge on any atom is -0.505 e. The van der Waals surface area contributed by atoms with Crippen molar-refractivity contribution < 1.29 is 5.11 Å². The van der Waals surface area contributed by atoms with E-state index in [2.05, 4.69) is 5.10 Å². The third-order valence-corrected chi connectivity index (χ3v) is 3.11. The van der Waals surface area contributed by atoms with E-state index in [0.717, 1.165) is 12.5 Å². The van der Waals surface area contributed by atoms with Gasteiger partial charge in [0, 0.05) is 6.54 Å². The van der Waals surface area contributed by atoms with Crippen molar-refractivity contribution in [3.05, 3.63) is 12.4 Å². The topological polar surface area (TPSA) is 38.1 Å². The quantitative estimate of drug-likeness (QED) is 0.803. The van der Waals surface area contributed by atoms with E-state index in [1.807, 2.05) is 4.68 Å². The molecule has 0 unspecified atom stereocenters. The Kier molecular flexibility index (Phi) is 3.07. The van der Waals surface area contributed by atoms with Gasteiger partial charge in [0.2, 0.25) is 0 Å². The van der Waals surface area contributed by atoms with Crippen LogP contribution in [0.2, 0.25) is 0 Å². The fourth-order valence-corrected chi connectivity index (χ4v) is 2.27. The molecule has 2 rings (SSSR count). The van der Waals surface area contributed by atoms with Crippen molar-refractivity contribution in [3.8, 4) is 5.75 Å². The average Bonchev–Trinajstić information content (AvgIpc) is 2.63. The first-order chi connectivity index (χ1) is 6.84. The van der Waals surface area contributed by atoms with Gasteiger partial charge >= 0.3 is 0 Å². The van der Waals surface area contributed by atoms with Crippen molar-refractivity contribution in [2.45, 2.75) is 45.1 Å². The zero-order valence-electron chi connectivity index (χ0n) is 8.52. The molecule has 0 aromatic carbocycles. The summed E-state index contributed by atoms with van der Waals surface area (Å²) in [5.41, 5.74) is 0. The second-order valence-electron chi connectivity index (χ2n) is 4.25. The Hall–Kier alpha value is -0.990. The van der Waals surface area contributed by atoms with Crippen molar-refractivity contribution in [1.82, 2.24) is 9.78 Å². The Labute approximate surface area is 84.7 Å². The smallest absolute Gasteiger partial charge is 0.153 e. The number of aromatic nitrogens is 2. The molecule has 0 amide bonds. The standard InChI is InChI=1S/C11H18N2O/c14-11-8-12-13(9-11)7-6-10-4-2-1-3-5-10/h8-10,14H,1-7H2. The van der Waals surface area contributed by atoms with Crippen LogP contribution < -0.4 is 0 Å². The normalized spacial score (nSPS) is 18.6. The van der Waals surface area contributed by atoms with Gasteiger partial charge in [0.05, 0.1) is 12.4 Å². The van der Waals surface area contributed by atoms with Gasteiger partial charge in [-0.2, -0.15) is 5.10 Å². The maximum atomic E-state index is 9.11. The highest BCUT2D eigenvalue weighted by Crippen LogP contribution is 2.26. The molecule has 78 valence electrons. The van der Waals surface area contributed by atoms with Gasteiger partial charge in [-0.05, 0) is 12.3 Å². The van der Waals surface area contributed by atoms with E-state index >= 15 is 0 Å². The molecule has 3 heteroatoms. The number of aromatic hydroxyl groups is 1. The van der Waals surface area contributed by atoms with Gasteiger partial charge in [-0.3, -0.25) is 4.68 Å². The summed E-state index contributed by atoms with van der Waals surface area (Å²) in [5.74, 6) is 1.16. The second kappa shape index (κ2) is 4.49. The van der Waals surface area contributed by atoms with Gasteiger partial charge in [0.1, 0.15) is 0 Å². The summed E-state index contributed by atoms with van der Waals surface area (Å²) < 4.78 is 1.84. The largest absolute Gasteiger partial charge is 0.505 e. The third-order valence-electron chi connectivity index (χ3n) is 3.11. The summed E-state index contributed by atoms with van der Waals surface area (Å²) in [6, 6.07) is 0. The Morgan fingerprint density at radius 1 is 1.36 bits per heavy atom. The minimum atomic E-state index is 0.272. The van der Waals surface area contributed by atoms with Crippen LogP contribution in [-0.2, 0) is 6.54 Å². The first kappa shape index (κ1) is 9.56. The molecular weight excluding hydrogens is 176 g/mol. The molecule has 1 saturated carbocycles. The maximum Gasteiger partial charge on any atom is 0.153 e. The van der Waals surface area contributed by atoms with E-state index in [-0.39, 0.29) is 5.75 Å². The van der Waals surface area contributed by atoms with Gasteiger partial charge in [0.15, 0.2) is 5.75 Å². The highest BCUT2D eigenvalue weighted by molar-refractivity contribution is 5.08. The number of hydrogen-bond acceptors (Lipinski definition) is 2. The van der Waals surface area contributed by atoms with Crippen LogP contribution in [0.1, 0.15) is 38.5 Å². The Morgan fingerprint density at radius 2 is 2.14 bits per heavy atom. The van der Waals surface area contributed by atoms with Gasteiger partial charge in [-0.15, -0.1) is 0 Å². The molecule has 0 aliphatic heterocycles. The van der Waals surface area contributed by atoms with Crippen LogP contribution in [0.4, 0.5) is 0 Å².